The van der Waals surface area contributed by atoms with E-state index < -0.39 is 21.6 Å². The molecular weight excluding hydrogens is 387 g/mol. The number of thiazole rings is 1. The third-order valence-electron chi connectivity index (χ3n) is 3.35. The van der Waals surface area contributed by atoms with Gasteiger partial charge in [-0.1, -0.05) is 29.8 Å². The zero-order chi connectivity index (χ0) is 18.0. The Hall–Kier alpha value is -2.00. The largest absolute Gasteiger partial charge is 0.505 e. The van der Waals surface area contributed by atoms with Crippen molar-refractivity contribution in [3.05, 3.63) is 63.7 Å². The molecule has 9 heteroatoms. The van der Waals surface area contributed by atoms with E-state index in [2.05, 4.69) is 9.71 Å². The molecule has 0 amide bonds. The fraction of sp³-hybridized carbons (Fsp3) is 0.0625. The van der Waals surface area contributed by atoms with Gasteiger partial charge in [-0.2, -0.15) is 0 Å². The number of sulfonamides is 1. The van der Waals surface area contributed by atoms with Gasteiger partial charge in [-0.25, -0.2) is 22.5 Å². The maximum absolute atomic E-state index is 13.8. The number of rotatable bonds is 5. The summed E-state index contributed by atoms with van der Waals surface area (Å²) in [6.07, 6.45) is 0. The van der Waals surface area contributed by atoms with Crippen molar-refractivity contribution in [3.63, 3.8) is 0 Å². The highest BCUT2D eigenvalue weighted by Gasteiger charge is 2.20. The van der Waals surface area contributed by atoms with Crippen molar-refractivity contribution in [2.45, 2.75) is 11.4 Å². The van der Waals surface area contributed by atoms with Crippen LogP contribution in [0.25, 0.3) is 11.3 Å². The standard InChI is InChI=1S/C16H12ClFN2O3S2/c17-11-5-3-7-14(16(11)21)25(22,23)19-8-15-20-13(9-24-15)10-4-1-2-6-12(10)18/h1-7,9,19,21H,8H2. The fourth-order valence-electron chi connectivity index (χ4n) is 2.13. The summed E-state index contributed by atoms with van der Waals surface area (Å²) in [6, 6.07) is 10.3. The highest BCUT2D eigenvalue weighted by molar-refractivity contribution is 7.89. The van der Waals surface area contributed by atoms with Crippen molar-refractivity contribution < 1.29 is 17.9 Å². The van der Waals surface area contributed by atoms with Gasteiger partial charge in [0, 0.05) is 10.9 Å². The molecule has 0 aliphatic carbocycles. The second-order valence-corrected chi connectivity index (χ2v) is 8.10. The molecule has 0 radical (unpaired) electrons. The minimum atomic E-state index is -3.97. The number of nitrogens with one attached hydrogen (secondary N) is 1. The second-order valence-electron chi connectivity index (χ2n) is 5.02. The summed E-state index contributed by atoms with van der Waals surface area (Å²) >= 11 is 6.94. The number of benzene rings is 2. The van der Waals surface area contributed by atoms with Crippen LogP contribution in [0, 0.1) is 5.82 Å². The number of para-hydroxylation sites is 1. The van der Waals surface area contributed by atoms with E-state index >= 15 is 0 Å². The minimum Gasteiger partial charge on any atom is -0.505 e. The first-order valence-corrected chi connectivity index (χ1v) is 9.79. The molecule has 3 rings (SSSR count). The molecule has 25 heavy (non-hydrogen) atoms. The van der Waals surface area contributed by atoms with Crippen LogP contribution in [0.4, 0.5) is 4.39 Å². The van der Waals surface area contributed by atoms with Crippen LogP contribution in [0.2, 0.25) is 5.02 Å². The van der Waals surface area contributed by atoms with Crippen molar-refractivity contribution in [2.75, 3.05) is 0 Å². The maximum atomic E-state index is 13.8. The first-order chi connectivity index (χ1) is 11.9. The monoisotopic (exact) mass is 398 g/mol. The summed E-state index contributed by atoms with van der Waals surface area (Å²) in [4.78, 5) is 3.93. The van der Waals surface area contributed by atoms with Gasteiger partial charge in [0.25, 0.3) is 0 Å². The topological polar surface area (TPSA) is 79.3 Å². The first-order valence-electron chi connectivity index (χ1n) is 7.05. The second kappa shape index (κ2) is 7.09. The lowest BCUT2D eigenvalue weighted by atomic mass is 10.2. The Morgan fingerprint density at radius 2 is 1.96 bits per heavy atom. The normalized spacial score (nSPS) is 11.6. The maximum Gasteiger partial charge on any atom is 0.244 e. The Morgan fingerprint density at radius 1 is 1.20 bits per heavy atom. The molecule has 1 aromatic heterocycles. The lowest BCUT2D eigenvalue weighted by Gasteiger charge is -2.08. The van der Waals surface area contributed by atoms with E-state index in [0.29, 0.717) is 16.3 Å². The summed E-state index contributed by atoms with van der Waals surface area (Å²) in [6.45, 7) is -0.0899. The van der Waals surface area contributed by atoms with Gasteiger partial charge >= 0.3 is 0 Å². The smallest absolute Gasteiger partial charge is 0.244 e. The first kappa shape index (κ1) is 17.8. The molecule has 0 fully saturated rings. The molecule has 0 unspecified atom stereocenters. The van der Waals surface area contributed by atoms with Gasteiger partial charge in [-0.05, 0) is 24.3 Å². The van der Waals surface area contributed by atoms with Crippen molar-refractivity contribution in [1.82, 2.24) is 9.71 Å². The summed E-state index contributed by atoms with van der Waals surface area (Å²) in [5.74, 6) is -0.911. The van der Waals surface area contributed by atoms with Crippen LogP contribution in [0.3, 0.4) is 0 Å². The highest BCUT2D eigenvalue weighted by Crippen LogP contribution is 2.30. The highest BCUT2D eigenvalue weighted by atomic mass is 35.5. The average Bonchev–Trinajstić information content (AvgIpc) is 3.05. The van der Waals surface area contributed by atoms with Crippen LogP contribution < -0.4 is 4.72 Å². The molecule has 0 saturated heterocycles. The van der Waals surface area contributed by atoms with Crippen LogP contribution in [0.15, 0.2) is 52.7 Å². The summed E-state index contributed by atoms with van der Waals surface area (Å²) in [5.41, 5.74) is 0.781. The number of halogens is 2. The molecule has 1 heterocycles. The number of hydrogen-bond donors (Lipinski definition) is 2. The number of phenols is 1. The number of aromatic hydroxyl groups is 1. The zero-order valence-electron chi connectivity index (χ0n) is 12.6. The quantitative estimate of drug-likeness (QED) is 0.685. The van der Waals surface area contributed by atoms with Crippen molar-refractivity contribution in [2.24, 2.45) is 0 Å². The minimum absolute atomic E-state index is 0.0565. The SMILES string of the molecule is O=S(=O)(NCc1nc(-c2ccccc2F)cs1)c1cccc(Cl)c1O. The van der Waals surface area contributed by atoms with E-state index in [9.17, 15) is 17.9 Å². The van der Waals surface area contributed by atoms with Gasteiger partial charge < -0.3 is 5.11 Å². The molecule has 0 atom stereocenters. The number of nitrogens with zero attached hydrogens (tertiary/aromatic N) is 1. The molecular formula is C16H12ClFN2O3S2. The zero-order valence-corrected chi connectivity index (χ0v) is 15.0. The number of phenolic OH excluding ortho intramolecular Hbond substituents is 1. The van der Waals surface area contributed by atoms with Crippen molar-refractivity contribution >= 4 is 33.0 Å². The van der Waals surface area contributed by atoms with Gasteiger partial charge in [0.1, 0.15) is 15.7 Å². The van der Waals surface area contributed by atoms with E-state index in [-0.39, 0.29) is 16.5 Å². The Bertz CT molecular complexity index is 1020. The summed E-state index contributed by atoms with van der Waals surface area (Å²) in [5, 5.41) is 11.9. The lowest BCUT2D eigenvalue weighted by molar-refractivity contribution is 0.458. The Balaban J connectivity index is 1.78. The predicted octanol–water partition coefficient (Wildman–Crippen LogP) is 3.79. The molecule has 2 N–H and O–H groups in total. The lowest BCUT2D eigenvalue weighted by Crippen LogP contribution is -2.23. The van der Waals surface area contributed by atoms with Gasteiger partial charge in [-0.3, -0.25) is 0 Å². The predicted molar refractivity (Wildman–Crippen MR) is 94.7 cm³/mol. The molecule has 0 aliphatic heterocycles. The molecule has 0 aliphatic rings. The van der Waals surface area contributed by atoms with Crippen LogP contribution in [-0.4, -0.2) is 18.5 Å². The Kier molecular flexibility index (Phi) is 5.05. The molecule has 0 saturated carbocycles. The number of hydrogen-bond acceptors (Lipinski definition) is 5. The van der Waals surface area contributed by atoms with Crippen molar-refractivity contribution in [3.8, 4) is 17.0 Å². The number of aromatic nitrogens is 1. The van der Waals surface area contributed by atoms with Gasteiger partial charge in [-0.15, -0.1) is 11.3 Å². The molecule has 130 valence electrons. The molecule has 2 aromatic carbocycles. The van der Waals surface area contributed by atoms with Gasteiger partial charge in [0.15, 0.2) is 5.75 Å². The molecule has 3 aromatic rings. The summed E-state index contributed by atoms with van der Waals surface area (Å²) < 4.78 is 40.7. The van der Waals surface area contributed by atoms with Crippen molar-refractivity contribution in [1.29, 1.82) is 0 Å². The average molecular weight is 399 g/mol. The summed E-state index contributed by atoms with van der Waals surface area (Å²) in [7, 11) is -3.97. The van der Waals surface area contributed by atoms with Crippen LogP contribution >= 0.6 is 22.9 Å². The Morgan fingerprint density at radius 3 is 2.72 bits per heavy atom. The van der Waals surface area contributed by atoms with E-state index in [0.717, 1.165) is 0 Å². The molecule has 0 bridgehead atoms. The van der Waals surface area contributed by atoms with Gasteiger partial charge in [0.2, 0.25) is 10.0 Å². The Labute approximate surface area is 152 Å². The van der Waals surface area contributed by atoms with Crippen LogP contribution in [-0.2, 0) is 16.6 Å². The fourth-order valence-corrected chi connectivity index (χ4v) is 4.29. The van der Waals surface area contributed by atoms with E-state index in [1.807, 2.05) is 0 Å². The third kappa shape index (κ3) is 3.82. The molecule has 0 spiro atoms. The third-order valence-corrected chi connectivity index (χ3v) is 5.94. The van der Waals surface area contributed by atoms with E-state index in [1.54, 1.807) is 23.6 Å². The van der Waals surface area contributed by atoms with E-state index in [1.165, 1.54) is 35.6 Å². The van der Waals surface area contributed by atoms with E-state index in [4.69, 9.17) is 11.6 Å². The van der Waals surface area contributed by atoms with Crippen LogP contribution in [0.1, 0.15) is 5.01 Å². The van der Waals surface area contributed by atoms with Crippen LogP contribution in [0.5, 0.6) is 5.75 Å². The molecule has 5 nitrogen and oxygen atoms in total. The van der Waals surface area contributed by atoms with Gasteiger partial charge in [0.05, 0.1) is 17.3 Å².